The van der Waals surface area contributed by atoms with Gasteiger partial charge in [0, 0.05) is 0 Å². The number of hydrogen-bond acceptors (Lipinski definition) is 3. The van der Waals surface area contributed by atoms with Gasteiger partial charge in [-0.1, -0.05) is 48.5 Å². The average molecular weight is 312 g/mol. The fourth-order valence-electron chi connectivity index (χ4n) is 2.59. The van der Waals surface area contributed by atoms with Crippen LogP contribution in [0.5, 0.6) is 0 Å². The minimum absolute atomic E-state index is 0.599. The first kappa shape index (κ1) is 13.7. The summed E-state index contributed by atoms with van der Waals surface area (Å²) in [6.45, 7) is 0. The van der Waals surface area contributed by atoms with Crippen molar-refractivity contribution in [2.75, 3.05) is 0 Å². The van der Waals surface area contributed by atoms with E-state index in [1.54, 1.807) is 11.3 Å². The molecule has 0 N–H and O–H groups in total. The van der Waals surface area contributed by atoms with Crippen LogP contribution in [-0.4, -0.2) is 4.98 Å². The van der Waals surface area contributed by atoms with Crippen LogP contribution in [-0.2, 0) is 0 Å². The van der Waals surface area contributed by atoms with Crippen molar-refractivity contribution in [3.05, 3.63) is 77.3 Å². The third kappa shape index (κ3) is 2.61. The van der Waals surface area contributed by atoms with Crippen LogP contribution in [0.1, 0.15) is 10.6 Å². The first-order chi connectivity index (χ1) is 11.3. The van der Waals surface area contributed by atoms with Gasteiger partial charge in [-0.3, -0.25) is 0 Å². The van der Waals surface area contributed by atoms with Crippen molar-refractivity contribution in [3.8, 4) is 6.07 Å². The Kier molecular flexibility index (Phi) is 3.38. The highest BCUT2D eigenvalue weighted by Crippen LogP contribution is 2.28. The molecule has 1 aromatic heterocycles. The Bertz CT molecular complexity index is 1050. The monoisotopic (exact) mass is 312 g/mol. The molecular weight excluding hydrogens is 300 g/mol. The number of para-hydroxylation sites is 1. The molecular formula is C20H12N2S. The molecule has 0 aliphatic rings. The second-order valence-electron chi connectivity index (χ2n) is 5.26. The van der Waals surface area contributed by atoms with E-state index in [2.05, 4.69) is 35.3 Å². The van der Waals surface area contributed by atoms with Crippen molar-refractivity contribution in [1.29, 1.82) is 5.26 Å². The minimum atomic E-state index is 0.599. The lowest BCUT2D eigenvalue weighted by atomic mass is 10.1. The standard InChI is InChI=1S/C20H12N2S/c21-13-17(20-22-18-7-3-4-8-19(18)23-20)12-14-9-10-15-5-1-2-6-16(15)11-14/h1-12H. The molecule has 0 aliphatic heterocycles. The van der Waals surface area contributed by atoms with Crippen LogP contribution in [0.4, 0.5) is 0 Å². The van der Waals surface area contributed by atoms with Gasteiger partial charge in [-0.15, -0.1) is 11.3 Å². The van der Waals surface area contributed by atoms with Crippen LogP contribution >= 0.6 is 11.3 Å². The molecule has 0 radical (unpaired) electrons. The molecule has 0 spiro atoms. The largest absolute Gasteiger partial charge is 0.235 e. The maximum Gasteiger partial charge on any atom is 0.135 e. The summed E-state index contributed by atoms with van der Waals surface area (Å²) in [4.78, 5) is 4.57. The molecule has 0 unspecified atom stereocenters. The summed E-state index contributed by atoms with van der Waals surface area (Å²) in [5, 5.41) is 12.7. The van der Waals surface area contributed by atoms with Crippen LogP contribution in [0.15, 0.2) is 66.7 Å². The Labute approximate surface area is 138 Å². The summed E-state index contributed by atoms with van der Waals surface area (Å²) in [6.07, 6.45) is 1.91. The molecule has 0 atom stereocenters. The maximum atomic E-state index is 9.53. The fraction of sp³-hybridized carbons (Fsp3) is 0. The van der Waals surface area contributed by atoms with Gasteiger partial charge in [-0.25, -0.2) is 4.98 Å². The molecule has 0 aliphatic carbocycles. The van der Waals surface area contributed by atoms with Crippen molar-refractivity contribution >= 4 is 44.0 Å². The van der Waals surface area contributed by atoms with Crippen molar-refractivity contribution < 1.29 is 0 Å². The van der Waals surface area contributed by atoms with Crippen LogP contribution in [0, 0.1) is 11.3 Å². The van der Waals surface area contributed by atoms with E-state index in [1.807, 2.05) is 48.5 Å². The Morgan fingerprint density at radius 2 is 1.74 bits per heavy atom. The van der Waals surface area contributed by atoms with Crippen molar-refractivity contribution in [1.82, 2.24) is 4.98 Å². The highest BCUT2D eigenvalue weighted by molar-refractivity contribution is 7.19. The van der Waals surface area contributed by atoms with Gasteiger partial charge in [0.05, 0.1) is 15.8 Å². The molecule has 0 saturated heterocycles. The van der Waals surface area contributed by atoms with Gasteiger partial charge < -0.3 is 0 Å². The second-order valence-corrected chi connectivity index (χ2v) is 6.29. The number of nitrogens with zero attached hydrogens (tertiary/aromatic N) is 2. The van der Waals surface area contributed by atoms with E-state index in [0.29, 0.717) is 5.57 Å². The lowest BCUT2D eigenvalue weighted by Gasteiger charge is -2.00. The molecule has 1 heterocycles. The predicted molar refractivity (Wildman–Crippen MR) is 97.1 cm³/mol. The molecule has 4 rings (SSSR count). The highest BCUT2D eigenvalue weighted by atomic mass is 32.1. The quantitative estimate of drug-likeness (QED) is 0.457. The van der Waals surface area contributed by atoms with Crippen LogP contribution in [0.2, 0.25) is 0 Å². The zero-order chi connectivity index (χ0) is 15.6. The zero-order valence-corrected chi connectivity index (χ0v) is 13.0. The Balaban J connectivity index is 1.81. The van der Waals surface area contributed by atoms with Crippen molar-refractivity contribution in [2.45, 2.75) is 0 Å². The minimum Gasteiger partial charge on any atom is -0.235 e. The number of hydrogen-bond donors (Lipinski definition) is 0. The second kappa shape index (κ2) is 5.68. The molecule has 4 aromatic rings. The summed E-state index contributed by atoms with van der Waals surface area (Å²) in [7, 11) is 0. The van der Waals surface area contributed by atoms with Gasteiger partial charge in [-0.2, -0.15) is 5.26 Å². The molecule has 108 valence electrons. The summed E-state index contributed by atoms with van der Waals surface area (Å²) in [5.41, 5.74) is 2.55. The topological polar surface area (TPSA) is 36.7 Å². The number of nitriles is 1. The third-order valence-electron chi connectivity index (χ3n) is 3.73. The molecule has 3 heteroatoms. The summed E-state index contributed by atoms with van der Waals surface area (Å²) in [5.74, 6) is 0. The average Bonchev–Trinajstić information content (AvgIpc) is 3.03. The molecule has 0 amide bonds. The van der Waals surface area contributed by atoms with Gasteiger partial charge >= 0.3 is 0 Å². The molecule has 0 saturated carbocycles. The fourth-order valence-corrected chi connectivity index (χ4v) is 3.53. The van der Waals surface area contributed by atoms with Gasteiger partial charge in [-0.05, 0) is 40.6 Å². The zero-order valence-electron chi connectivity index (χ0n) is 12.2. The predicted octanol–water partition coefficient (Wildman–Crippen LogP) is 5.51. The van der Waals surface area contributed by atoms with Gasteiger partial charge in [0.2, 0.25) is 0 Å². The van der Waals surface area contributed by atoms with E-state index in [4.69, 9.17) is 0 Å². The third-order valence-corrected chi connectivity index (χ3v) is 4.80. The SMILES string of the molecule is N#CC(=Cc1ccc2ccccc2c1)c1nc2ccccc2s1. The summed E-state index contributed by atoms with van der Waals surface area (Å²) < 4.78 is 1.10. The summed E-state index contributed by atoms with van der Waals surface area (Å²) >= 11 is 1.55. The first-order valence-corrected chi connectivity index (χ1v) is 8.12. The molecule has 0 bridgehead atoms. The highest BCUT2D eigenvalue weighted by Gasteiger charge is 2.08. The summed E-state index contributed by atoms with van der Waals surface area (Å²) in [6, 6.07) is 24.7. The van der Waals surface area contributed by atoms with Gasteiger partial charge in [0.25, 0.3) is 0 Å². The number of benzene rings is 3. The number of rotatable bonds is 2. The number of thiazole rings is 1. The molecule has 0 fully saturated rings. The van der Waals surface area contributed by atoms with Crippen LogP contribution in [0.25, 0.3) is 32.6 Å². The molecule has 3 aromatic carbocycles. The van der Waals surface area contributed by atoms with Crippen molar-refractivity contribution in [2.24, 2.45) is 0 Å². The van der Waals surface area contributed by atoms with E-state index < -0.39 is 0 Å². The van der Waals surface area contributed by atoms with E-state index in [0.717, 1.165) is 20.8 Å². The number of aromatic nitrogens is 1. The Hall–Kier alpha value is -2.96. The normalized spacial score (nSPS) is 11.7. The lowest BCUT2D eigenvalue weighted by Crippen LogP contribution is -1.81. The van der Waals surface area contributed by atoms with Gasteiger partial charge in [0.15, 0.2) is 0 Å². The smallest absolute Gasteiger partial charge is 0.135 e. The maximum absolute atomic E-state index is 9.53. The Morgan fingerprint density at radius 3 is 2.57 bits per heavy atom. The molecule has 2 nitrogen and oxygen atoms in total. The van der Waals surface area contributed by atoms with Gasteiger partial charge in [0.1, 0.15) is 11.1 Å². The first-order valence-electron chi connectivity index (χ1n) is 7.30. The van der Waals surface area contributed by atoms with Crippen LogP contribution in [0.3, 0.4) is 0 Å². The number of fused-ring (bicyclic) bond motifs is 2. The van der Waals surface area contributed by atoms with Crippen molar-refractivity contribution in [3.63, 3.8) is 0 Å². The van der Waals surface area contributed by atoms with E-state index in [9.17, 15) is 5.26 Å². The van der Waals surface area contributed by atoms with E-state index in [1.165, 1.54) is 10.8 Å². The van der Waals surface area contributed by atoms with Crippen LogP contribution < -0.4 is 0 Å². The van der Waals surface area contributed by atoms with E-state index in [-0.39, 0.29) is 0 Å². The Morgan fingerprint density at radius 1 is 0.957 bits per heavy atom. The molecule has 23 heavy (non-hydrogen) atoms. The number of allylic oxidation sites excluding steroid dienone is 1. The lowest BCUT2D eigenvalue weighted by molar-refractivity contribution is 1.44. The van der Waals surface area contributed by atoms with E-state index >= 15 is 0 Å².